The van der Waals surface area contributed by atoms with E-state index in [9.17, 15) is 14.0 Å². The lowest BCUT2D eigenvalue weighted by Crippen LogP contribution is -2.15. The number of imidazole rings is 1. The average Bonchev–Trinajstić information content (AvgIpc) is 2.91. The molecule has 0 aliphatic heterocycles. The summed E-state index contributed by atoms with van der Waals surface area (Å²) in [5.41, 5.74) is 5.44. The highest BCUT2D eigenvalue weighted by molar-refractivity contribution is 7.99. The zero-order valence-electron chi connectivity index (χ0n) is 11.6. The first kappa shape index (κ1) is 15.0. The van der Waals surface area contributed by atoms with Crippen LogP contribution in [-0.2, 0) is 4.79 Å². The van der Waals surface area contributed by atoms with Crippen LogP contribution < -0.4 is 16.6 Å². The smallest absolute Gasteiger partial charge is 0.278 e. The van der Waals surface area contributed by atoms with Gasteiger partial charge in [-0.15, -0.1) is 0 Å². The molecule has 0 saturated carbocycles. The highest BCUT2D eigenvalue weighted by Crippen LogP contribution is 2.18. The van der Waals surface area contributed by atoms with Crippen molar-refractivity contribution in [3.63, 3.8) is 0 Å². The molecule has 0 saturated heterocycles. The zero-order valence-corrected chi connectivity index (χ0v) is 12.4. The van der Waals surface area contributed by atoms with Crippen LogP contribution in [0.4, 0.5) is 16.0 Å². The van der Waals surface area contributed by atoms with E-state index in [-0.39, 0.29) is 28.6 Å². The Morgan fingerprint density at radius 3 is 2.87 bits per heavy atom. The highest BCUT2D eigenvalue weighted by atomic mass is 32.2. The number of nitrogens with zero attached hydrogens (tertiary/aromatic N) is 2. The van der Waals surface area contributed by atoms with Gasteiger partial charge in [0.2, 0.25) is 11.9 Å². The first-order valence-corrected chi connectivity index (χ1v) is 7.44. The summed E-state index contributed by atoms with van der Waals surface area (Å²) in [6.07, 6.45) is 0. The molecule has 0 spiro atoms. The Kier molecular flexibility index (Phi) is 3.98. The number of anilines is 2. The SMILES string of the molecule is Nc1nc2nc(SCC(=O)Nc3ccccc3F)[nH]c2c(=O)[nH]1. The van der Waals surface area contributed by atoms with Crippen molar-refractivity contribution >= 4 is 40.5 Å². The number of benzene rings is 1. The standard InChI is InChI=1S/C13H11FN6O2S/c14-6-3-1-2-4-7(6)16-8(21)5-23-13-17-9-10(19-13)18-12(15)20-11(9)22/h1-4H,5H2,(H,16,21)(H4,15,17,18,19,20,22). The summed E-state index contributed by atoms with van der Waals surface area (Å²) in [6, 6.07) is 5.87. The molecule has 5 N–H and O–H groups in total. The van der Waals surface area contributed by atoms with Crippen molar-refractivity contribution in [2.24, 2.45) is 0 Å². The second kappa shape index (κ2) is 6.08. The van der Waals surface area contributed by atoms with E-state index in [1.165, 1.54) is 18.2 Å². The highest BCUT2D eigenvalue weighted by Gasteiger charge is 2.12. The van der Waals surface area contributed by atoms with Gasteiger partial charge in [0.1, 0.15) is 5.82 Å². The largest absolute Gasteiger partial charge is 0.369 e. The molecular formula is C13H11FN6O2S. The number of carbonyl (C=O) groups is 1. The van der Waals surface area contributed by atoms with Gasteiger partial charge >= 0.3 is 0 Å². The summed E-state index contributed by atoms with van der Waals surface area (Å²) in [5.74, 6) is -0.966. The van der Waals surface area contributed by atoms with Gasteiger partial charge in [-0.25, -0.2) is 9.37 Å². The summed E-state index contributed by atoms with van der Waals surface area (Å²) in [5, 5.41) is 2.79. The van der Waals surface area contributed by atoms with E-state index < -0.39 is 17.3 Å². The molecule has 3 aromatic rings. The van der Waals surface area contributed by atoms with Crippen LogP contribution in [0.25, 0.3) is 11.2 Å². The molecule has 3 rings (SSSR count). The maximum Gasteiger partial charge on any atom is 0.278 e. The Bertz CT molecular complexity index is 938. The van der Waals surface area contributed by atoms with Crippen molar-refractivity contribution in [1.82, 2.24) is 19.9 Å². The van der Waals surface area contributed by atoms with Crippen molar-refractivity contribution in [3.8, 4) is 0 Å². The number of para-hydroxylation sites is 1. The minimum atomic E-state index is -0.513. The number of rotatable bonds is 4. The van der Waals surface area contributed by atoms with Crippen LogP contribution in [0.15, 0.2) is 34.2 Å². The van der Waals surface area contributed by atoms with Gasteiger partial charge in [-0.3, -0.25) is 14.6 Å². The molecule has 23 heavy (non-hydrogen) atoms. The van der Waals surface area contributed by atoms with Gasteiger partial charge in [0.25, 0.3) is 5.56 Å². The van der Waals surface area contributed by atoms with Crippen LogP contribution in [0.2, 0.25) is 0 Å². The topological polar surface area (TPSA) is 130 Å². The second-order valence-electron chi connectivity index (χ2n) is 4.51. The van der Waals surface area contributed by atoms with Gasteiger partial charge in [-0.05, 0) is 12.1 Å². The molecule has 8 nitrogen and oxygen atoms in total. The fourth-order valence-corrected chi connectivity index (χ4v) is 2.52. The van der Waals surface area contributed by atoms with E-state index >= 15 is 0 Å². The molecule has 0 atom stereocenters. The molecule has 10 heteroatoms. The van der Waals surface area contributed by atoms with E-state index in [0.29, 0.717) is 5.16 Å². The second-order valence-corrected chi connectivity index (χ2v) is 5.47. The third kappa shape index (κ3) is 3.31. The summed E-state index contributed by atoms with van der Waals surface area (Å²) in [7, 11) is 0. The molecule has 1 aromatic carbocycles. The summed E-state index contributed by atoms with van der Waals surface area (Å²) in [6.45, 7) is 0. The van der Waals surface area contributed by atoms with Crippen molar-refractivity contribution in [1.29, 1.82) is 0 Å². The predicted octanol–water partition coefficient (Wildman–Crippen LogP) is 1.10. The number of amides is 1. The number of nitrogens with one attached hydrogen (secondary N) is 3. The molecule has 0 aliphatic carbocycles. The molecule has 2 aromatic heterocycles. The number of nitrogen functional groups attached to an aromatic ring is 1. The molecule has 2 heterocycles. The van der Waals surface area contributed by atoms with Gasteiger partial charge in [0, 0.05) is 0 Å². The van der Waals surface area contributed by atoms with Gasteiger partial charge in [0.15, 0.2) is 16.3 Å². The Hall–Kier alpha value is -2.88. The maximum absolute atomic E-state index is 13.4. The van der Waals surface area contributed by atoms with Gasteiger partial charge in [0.05, 0.1) is 11.4 Å². The zero-order chi connectivity index (χ0) is 16.4. The molecule has 1 amide bonds. The lowest BCUT2D eigenvalue weighted by atomic mass is 10.3. The number of hydrogen-bond acceptors (Lipinski definition) is 6. The average molecular weight is 334 g/mol. The number of hydrogen-bond donors (Lipinski definition) is 4. The first-order valence-electron chi connectivity index (χ1n) is 6.45. The number of aromatic amines is 2. The molecular weight excluding hydrogens is 323 g/mol. The van der Waals surface area contributed by atoms with Crippen LogP contribution in [0.3, 0.4) is 0 Å². The maximum atomic E-state index is 13.4. The number of carbonyl (C=O) groups excluding carboxylic acids is 1. The lowest BCUT2D eigenvalue weighted by molar-refractivity contribution is -0.113. The van der Waals surface area contributed by atoms with Crippen molar-refractivity contribution in [2.75, 3.05) is 16.8 Å². The van der Waals surface area contributed by atoms with Gasteiger partial charge in [-0.1, -0.05) is 23.9 Å². The minimum absolute atomic E-state index is 0.0124. The number of H-pyrrole nitrogens is 2. The number of aromatic nitrogens is 4. The number of fused-ring (bicyclic) bond motifs is 1. The lowest BCUT2D eigenvalue weighted by Gasteiger charge is -2.04. The van der Waals surface area contributed by atoms with Gasteiger partial charge < -0.3 is 16.0 Å². The number of halogens is 1. The fourth-order valence-electron chi connectivity index (χ4n) is 1.85. The van der Waals surface area contributed by atoms with Crippen molar-refractivity contribution < 1.29 is 9.18 Å². The number of thioether (sulfide) groups is 1. The Labute approximate surface area is 132 Å². The molecule has 0 radical (unpaired) electrons. The van der Waals surface area contributed by atoms with Crippen LogP contribution in [0.5, 0.6) is 0 Å². The third-order valence-corrected chi connectivity index (χ3v) is 3.72. The van der Waals surface area contributed by atoms with E-state index in [2.05, 4.69) is 25.3 Å². The molecule has 0 aliphatic rings. The molecule has 0 bridgehead atoms. The molecule has 118 valence electrons. The van der Waals surface area contributed by atoms with E-state index in [1.54, 1.807) is 6.07 Å². The minimum Gasteiger partial charge on any atom is -0.369 e. The summed E-state index contributed by atoms with van der Waals surface area (Å²) in [4.78, 5) is 36.5. The van der Waals surface area contributed by atoms with Crippen LogP contribution >= 0.6 is 11.8 Å². The molecule has 0 unspecified atom stereocenters. The fraction of sp³-hybridized carbons (Fsp3) is 0.0769. The first-order chi connectivity index (χ1) is 11.0. The summed E-state index contributed by atoms with van der Waals surface area (Å²) < 4.78 is 13.4. The Morgan fingerprint density at radius 2 is 2.09 bits per heavy atom. The third-order valence-electron chi connectivity index (χ3n) is 2.85. The van der Waals surface area contributed by atoms with E-state index in [0.717, 1.165) is 11.8 Å². The van der Waals surface area contributed by atoms with E-state index in [4.69, 9.17) is 5.73 Å². The molecule has 0 fully saturated rings. The van der Waals surface area contributed by atoms with Crippen LogP contribution in [0, 0.1) is 5.82 Å². The van der Waals surface area contributed by atoms with Crippen LogP contribution in [-0.4, -0.2) is 31.6 Å². The van der Waals surface area contributed by atoms with Crippen molar-refractivity contribution in [2.45, 2.75) is 5.16 Å². The van der Waals surface area contributed by atoms with E-state index in [1.807, 2.05) is 0 Å². The Balaban J connectivity index is 1.69. The van der Waals surface area contributed by atoms with Crippen molar-refractivity contribution in [3.05, 3.63) is 40.4 Å². The monoisotopic (exact) mass is 334 g/mol. The number of nitrogens with two attached hydrogens (primary N) is 1. The predicted molar refractivity (Wildman–Crippen MR) is 84.7 cm³/mol. The normalized spacial score (nSPS) is 10.8. The summed E-state index contributed by atoms with van der Waals surface area (Å²) >= 11 is 1.06. The quantitative estimate of drug-likeness (QED) is 0.529. The Morgan fingerprint density at radius 1 is 1.30 bits per heavy atom. The van der Waals surface area contributed by atoms with Crippen LogP contribution in [0.1, 0.15) is 0 Å². The van der Waals surface area contributed by atoms with Gasteiger partial charge in [-0.2, -0.15) is 4.98 Å².